The van der Waals surface area contributed by atoms with Crippen molar-refractivity contribution in [3.8, 4) is 0 Å². The van der Waals surface area contributed by atoms with E-state index in [0.29, 0.717) is 31.1 Å². The monoisotopic (exact) mass is 421 g/mol. The number of aliphatic hydroxyl groups is 1. The minimum atomic E-state index is -1.02. The summed E-state index contributed by atoms with van der Waals surface area (Å²) < 4.78 is 0. The van der Waals surface area contributed by atoms with Crippen molar-refractivity contribution in [1.82, 2.24) is 10.2 Å². The predicted molar refractivity (Wildman–Crippen MR) is 113 cm³/mol. The van der Waals surface area contributed by atoms with E-state index in [0.717, 1.165) is 49.7 Å². The number of amides is 2. The molecule has 2 amide bonds. The van der Waals surface area contributed by atoms with Gasteiger partial charge in [-0.1, -0.05) is 36.9 Å². The highest BCUT2D eigenvalue weighted by atomic mass is 35.5. The third kappa shape index (κ3) is 4.76. The maximum absolute atomic E-state index is 13.1. The van der Waals surface area contributed by atoms with Crippen molar-refractivity contribution in [2.75, 3.05) is 6.54 Å². The van der Waals surface area contributed by atoms with E-state index in [-0.39, 0.29) is 17.7 Å². The second-order valence-electron chi connectivity index (χ2n) is 8.51. The van der Waals surface area contributed by atoms with Crippen molar-refractivity contribution < 1.29 is 14.7 Å². The van der Waals surface area contributed by atoms with Crippen LogP contribution in [-0.4, -0.2) is 40.0 Å². The van der Waals surface area contributed by atoms with Crippen LogP contribution >= 0.6 is 11.6 Å². The fourth-order valence-electron chi connectivity index (χ4n) is 4.69. The Morgan fingerprint density at radius 1 is 1.28 bits per heavy atom. The van der Waals surface area contributed by atoms with Crippen LogP contribution in [0.15, 0.2) is 18.2 Å². The number of rotatable bonds is 6. The van der Waals surface area contributed by atoms with Crippen molar-refractivity contribution >= 4 is 23.4 Å². The minimum Gasteiger partial charge on any atom is -0.383 e. The summed E-state index contributed by atoms with van der Waals surface area (Å²) >= 11 is 6.08. The molecule has 1 aliphatic carbocycles. The van der Waals surface area contributed by atoms with Gasteiger partial charge in [0.25, 0.3) is 5.91 Å². The van der Waals surface area contributed by atoms with Crippen LogP contribution in [0.25, 0.3) is 0 Å². The predicted octanol–water partition coefficient (Wildman–Crippen LogP) is 2.74. The van der Waals surface area contributed by atoms with Crippen LogP contribution in [0.2, 0.25) is 5.02 Å². The molecule has 1 saturated carbocycles. The highest BCUT2D eigenvalue weighted by Crippen LogP contribution is 2.33. The summed E-state index contributed by atoms with van der Waals surface area (Å²) in [4.78, 5) is 27.7. The van der Waals surface area contributed by atoms with Gasteiger partial charge >= 0.3 is 0 Å². The van der Waals surface area contributed by atoms with E-state index < -0.39 is 11.6 Å². The molecular weight excluding hydrogens is 390 g/mol. The van der Waals surface area contributed by atoms with E-state index in [9.17, 15) is 14.7 Å². The minimum absolute atomic E-state index is 0.00253. The molecule has 1 aromatic carbocycles. The lowest BCUT2D eigenvalue weighted by molar-refractivity contribution is -0.153. The summed E-state index contributed by atoms with van der Waals surface area (Å²) in [5, 5.41) is 14.2. The smallest absolute Gasteiger partial charge is 0.252 e. The number of hydrogen-bond acceptors (Lipinski definition) is 4. The number of carbonyl (C=O) groups excluding carboxylic acids is 2. The lowest BCUT2D eigenvalue weighted by Crippen LogP contribution is -2.58. The first-order valence-corrected chi connectivity index (χ1v) is 11.0. The Kier molecular flexibility index (Phi) is 7.19. The highest BCUT2D eigenvalue weighted by Gasteiger charge is 2.47. The largest absolute Gasteiger partial charge is 0.383 e. The van der Waals surface area contributed by atoms with E-state index in [1.807, 2.05) is 6.07 Å². The normalized spacial score (nSPS) is 23.8. The van der Waals surface area contributed by atoms with E-state index in [4.69, 9.17) is 17.3 Å². The molecule has 1 aliphatic heterocycles. The molecule has 0 aromatic heterocycles. The van der Waals surface area contributed by atoms with Gasteiger partial charge in [-0.05, 0) is 61.8 Å². The summed E-state index contributed by atoms with van der Waals surface area (Å²) in [6.45, 7) is 2.95. The van der Waals surface area contributed by atoms with Crippen LogP contribution in [0.1, 0.15) is 63.0 Å². The van der Waals surface area contributed by atoms with Gasteiger partial charge in [-0.25, -0.2) is 0 Å². The SMILES string of the molecule is CC1(C(=O)NCc2cc(Cl)ccc2CN)CCCN1C(=O)C(O)C1CCCCC1. The first kappa shape index (κ1) is 22.1. The molecule has 2 fully saturated rings. The maximum Gasteiger partial charge on any atom is 0.252 e. The fraction of sp³-hybridized carbons (Fsp3) is 0.636. The Bertz CT molecular complexity index is 751. The van der Waals surface area contributed by atoms with Crippen LogP contribution in [-0.2, 0) is 22.7 Å². The van der Waals surface area contributed by atoms with Crippen LogP contribution in [0, 0.1) is 5.92 Å². The zero-order chi connectivity index (χ0) is 21.0. The summed E-state index contributed by atoms with van der Waals surface area (Å²) in [6.07, 6.45) is 5.33. The molecule has 2 unspecified atom stereocenters. The number of aliphatic hydroxyl groups excluding tert-OH is 1. The zero-order valence-corrected chi connectivity index (χ0v) is 17.9. The third-order valence-corrected chi connectivity index (χ3v) is 6.81. The topological polar surface area (TPSA) is 95.7 Å². The maximum atomic E-state index is 13.1. The van der Waals surface area contributed by atoms with Gasteiger partial charge in [-0.15, -0.1) is 0 Å². The molecule has 160 valence electrons. The summed E-state index contributed by atoms with van der Waals surface area (Å²) in [6, 6.07) is 5.44. The van der Waals surface area contributed by atoms with Gasteiger partial charge in [0, 0.05) is 24.7 Å². The van der Waals surface area contributed by atoms with Crippen molar-refractivity contribution in [2.45, 2.75) is 76.6 Å². The number of carbonyl (C=O) groups is 2. The van der Waals surface area contributed by atoms with Gasteiger partial charge in [0.15, 0.2) is 0 Å². The molecule has 4 N–H and O–H groups in total. The Hall–Kier alpha value is -1.63. The number of likely N-dealkylation sites (tertiary alicyclic amines) is 1. The number of nitrogens with two attached hydrogens (primary N) is 1. The highest BCUT2D eigenvalue weighted by molar-refractivity contribution is 6.30. The average molecular weight is 422 g/mol. The van der Waals surface area contributed by atoms with Crippen molar-refractivity contribution in [2.24, 2.45) is 11.7 Å². The number of hydrogen-bond donors (Lipinski definition) is 3. The molecule has 2 atom stereocenters. The molecular formula is C22H32ClN3O3. The second kappa shape index (κ2) is 9.45. The van der Waals surface area contributed by atoms with Gasteiger partial charge in [0.2, 0.25) is 5.91 Å². The van der Waals surface area contributed by atoms with Crippen LogP contribution in [0.4, 0.5) is 0 Å². The van der Waals surface area contributed by atoms with Gasteiger partial charge in [0.05, 0.1) is 0 Å². The quantitative estimate of drug-likeness (QED) is 0.658. The van der Waals surface area contributed by atoms with E-state index in [1.54, 1.807) is 24.0 Å². The van der Waals surface area contributed by atoms with E-state index in [1.165, 1.54) is 0 Å². The van der Waals surface area contributed by atoms with Crippen molar-refractivity contribution in [3.05, 3.63) is 34.3 Å². The molecule has 1 aromatic rings. The molecule has 2 aliphatic rings. The standard InChI is InChI=1S/C22H32ClN3O3/c1-22(21(29)25-14-17-12-18(23)9-8-16(17)13-24)10-5-11-26(22)20(28)19(27)15-6-3-2-4-7-15/h8-9,12,15,19,27H,2-7,10-11,13-14,24H2,1H3,(H,25,29). The lowest BCUT2D eigenvalue weighted by Gasteiger charge is -2.37. The first-order chi connectivity index (χ1) is 13.9. The fourth-order valence-corrected chi connectivity index (χ4v) is 4.88. The molecule has 6 nitrogen and oxygen atoms in total. The molecule has 0 bridgehead atoms. The molecule has 0 spiro atoms. The van der Waals surface area contributed by atoms with Crippen LogP contribution in [0.5, 0.6) is 0 Å². The summed E-state index contributed by atoms with van der Waals surface area (Å²) in [5.41, 5.74) is 6.63. The van der Waals surface area contributed by atoms with E-state index in [2.05, 4.69) is 5.32 Å². The number of halogens is 1. The number of nitrogens with zero attached hydrogens (tertiary/aromatic N) is 1. The first-order valence-electron chi connectivity index (χ1n) is 10.6. The van der Waals surface area contributed by atoms with E-state index >= 15 is 0 Å². The molecule has 7 heteroatoms. The van der Waals surface area contributed by atoms with Crippen molar-refractivity contribution in [3.63, 3.8) is 0 Å². The second-order valence-corrected chi connectivity index (χ2v) is 8.95. The zero-order valence-electron chi connectivity index (χ0n) is 17.1. The Morgan fingerprint density at radius 2 is 2.00 bits per heavy atom. The molecule has 29 heavy (non-hydrogen) atoms. The Morgan fingerprint density at radius 3 is 2.69 bits per heavy atom. The molecule has 3 rings (SSSR count). The summed E-state index contributed by atoms with van der Waals surface area (Å²) in [5.74, 6) is -0.512. The van der Waals surface area contributed by atoms with Gasteiger partial charge < -0.3 is 21.1 Å². The van der Waals surface area contributed by atoms with Gasteiger partial charge in [-0.3, -0.25) is 9.59 Å². The molecule has 1 saturated heterocycles. The van der Waals surface area contributed by atoms with Crippen LogP contribution < -0.4 is 11.1 Å². The van der Waals surface area contributed by atoms with Gasteiger partial charge in [-0.2, -0.15) is 0 Å². The number of benzene rings is 1. The van der Waals surface area contributed by atoms with Gasteiger partial charge in [0.1, 0.15) is 11.6 Å². The van der Waals surface area contributed by atoms with Crippen LogP contribution in [0.3, 0.4) is 0 Å². The average Bonchev–Trinajstić information content (AvgIpc) is 3.14. The molecule has 1 heterocycles. The summed E-state index contributed by atoms with van der Waals surface area (Å²) in [7, 11) is 0. The Balaban J connectivity index is 1.68. The lowest BCUT2D eigenvalue weighted by atomic mass is 9.84. The molecule has 0 radical (unpaired) electrons. The van der Waals surface area contributed by atoms with Crippen molar-refractivity contribution in [1.29, 1.82) is 0 Å². The third-order valence-electron chi connectivity index (χ3n) is 6.57. The number of nitrogens with one attached hydrogen (secondary N) is 1. The Labute approximate surface area is 177 Å².